The number of nitrogens with two attached hydrogens (primary N) is 1. The van der Waals surface area contributed by atoms with E-state index in [0.717, 1.165) is 11.3 Å². The number of aliphatic hydroxyl groups is 1. The fourth-order valence-corrected chi connectivity index (χ4v) is 1.08. The van der Waals surface area contributed by atoms with Crippen LogP contribution < -0.4 is 10.5 Å². The maximum absolute atomic E-state index is 9.83. The first-order valence-corrected chi connectivity index (χ1v) is 4.17. The van der Waals surface area contributed by atoms with E-state index in [-0.39, 0.29) is 6.54 Å². The summed E-state index contributed by atoms with van der Waals surface area (Å²) in [5.74, 6) is 0.728. The van der Waals surface area contributed by atoms with Crippen LogP contribution in [-0.4, -0.2) is 18.8 Å². The van der Waals surface area contributed by atoms with E-state index in [4.69, 9.17) is 10.5 Å². The van der Waals surface area contributed by atoms with Gasteiger partial charge in [0.1, 0.15) is 5.75 Å². The van der Waals surface area contributed by atoms with Gasteiger partial charge in [-0.05, 0) is 24.6 Å². The van der Waals surface area contributed by atoms with Crippen LogP contribution in [0.1, 0.15) is 12.5 Å². The fourth-order valence-electron chi connectivity index (χ4n) is 1.08. The molecule has 0 bridgehead atoms. The van der Waals surface area contributed by atoms with Crippen LogP contribution in [0.3, 0.4) is 0 Å². The lowest BCUT2D eigenvalue weighted by molar-refractivity contribution is 0.0666. The lowest BCUT2D eigenvalue weighted by Crippen LogP contribution is -2.31. The van der Waals surface area contributed by atoms with Gasteiger partial charge in [0, 0.05) is 6.54 Å². The smallest absolute Gasteiger partial charge is 0.119 e. The van der Waals surface area contributed by atoms with E-state index >= 15 is 0 Å². The molecule has 0 heterocycles. The van der Waals surface area contributed by atoms with Gasteiger partial charge < -0.3 is 15.6 Å². The highest BCUT2D eigenvalue weighted by Gasteiger charge is 2.20. The molecule has 3 N–H and O–H groups in total. The number of benzene rings is 1. The summed E-state index contributed by atoms with van der Waals surface area (Å²) < 4.78 is 5.04. The third-order valence-electron chi connectivity index (χ3n) is 2.09. The zero-order valence-corrected chi connectivity index (χ0v) is 7.95. The van der Waals surface area contributed by atoms with Crippen molar-refractivity contribution in [2.45, 2.75) is 12.5 Å². The first-order chi connectivity index (χ1) is 6.10. The molecular weight excluding hydrogens is 166 g/mol. The minimum atomic E-state index is -0.978. The Kier molecular flexibility index (Phi) is 2.90. The molecule has 0 aliphatic carbocycles. The molecule has 1 aromatic rings. The molecule has 13 heavy (non-hydrogen) atoms. The van der Waals surface area contributed by atoms with E-state index in [1.165, 1.54) is 0 Å². The molecule has 0 aliphatic rings. The zero-order chi connectivity index (χ0) is 9.90. The first kappa shape index (κ1) is 10.0. The molecule has 72 valence electrons. The normalized spacial score (nSPS) is 15.1. The summed E-state index contributed by atoms with van der Waals surface area (Å²) in [7, 11) is 1.59. The molecular formula is C10H15NO2. The van der Waals surface area contributed by atoms with Crippen molar-refractivity contribution < 1.29 is 9.84 Å². The highest BCUT2D eigenvalue weighted by Crippen LogP contribution is 2.22. The average Bonchev–Trinajstić information content (AvgIpc) is 2.18. The molecule has 0 aliphatic heterocycles. The van der Waals surface area contributed by atoms with Crippen molar-refractivity contribution in [3.63, 3.8) is 0 Å². The Bertz CT molecular complexity index is 284. The molecule has 0 unspecified atom stereocenters. The van der Waals surface area contributed by atoms with Crippen LogP contribution >= 0.6 is 0 Å². The molecule has 1 rings (SSSR count). The van der Waals surface area contributed by atoms with E-state index in [1.807, 2.05) is 18.2 Å². The number of methoxy groups -OCH3 is 1. The number of rotatable bonds is 3. The predicted octanol–water partition coefficient (Wildman–Crippen LogP) is 0.861. The van der Waals surface area contributed by atoms with E-state index in [2.05, 4.69) is 0 Å². The zero-order valence-electron chi connectivity index (χ0n) is 7.95. The summed E-state index contributed by atoms with van der Waals surface area (Å²) in [4.78, 5) is 0. The van der Waals surface area contributed by atoms with Crippen molar-refractivity contribution in [1.29, 1.82) is 0 Å². The van der Waals surface area contributed by atoms with Gasteiger partial charge in [0.15, 0.2) is 0 Å². The molecule has 0 spiro atoms. The van der Waals surface area contributed by atoms with Crippen molar-refractivity contribution in [3.8, 4) is 5.75 Å². The monoisotopic (exact) mass is 181 g/mol. The quantitative estimate of drug-likeness (QED) is 0.727. The second-order valence-corrected chi connectivity index (χ2v) is 3.21. The third kappa shape index (κ3) is 2.20. The standard InChI is InChI=1S/C10H15NO2/c1-10(12,7-11)8-4-3-5-9(6-8)13-2/h3-6,12H,7,11H2,1-2H3/t10-/m0/s1. The second-order valence-electron chi connectivity index (χ2n) is 3.21. The Balaban J connectivity index is 3.01. The lowest BCUT2D eigenvalue weighted by Gasteiger charge is -2.21. The summed E-state index contributed by atoms with van der Waals surface area (Å²) in [5.41, 5.74) is 5.23. The van der Waals surface area contributed by atoms with Crippen LogP contribution in [-0.2, 0) is 5.60 Å². The van der Waals surface area contributed by atoms with Crippen LogP contribution in [0.25, 0.3) is 0 Å². The van der Waals surface area contributed by atoms with Gasteiger partial charge in [-0.2, -0.15) is 0 Å². The van der Waals surface area contributed by atoms with Crippen LogP contribution in [0.5, 0.6) is 5.75 Å². The van der Waals surface area contributed by atoms with Gasteiger partial charge in [-0.25, -0.2) is 0 Å². The van der Waals surface area contributed by atoms with Gasteiger partial charge in [0.05, 0.1) is 12.7 Å². The number of hydrogen-bond acceptors (Lipinski definition) is 3. The summed E-state index contributed by atoms with van der Waals surface area (Å²) >= 11 is 0. The summed E-state index contributed by atoms with van der Waals surface area (Å²) in [6.45, 7) is 1.88. The van der Waals surface area contributed by atoms with E-state index in [0.29, 0.717) is 0 Å². The highest BCUT2D eigenvalue weighted by molar-refractivity contribution is 5.32. The topological polar surface area (TPSA) is 55.5 Å². The van der Waals surface area contributed by atoms with Gasteiger partial charge >= 0.3 is 0 Å². The molecule has 3 heteroatoms. The minimum absolute atomic E-state index is 0.195. The van der Waals surface area contributed by atoms with Crippen LogP contribution in [0.15, 0.2) is 24.3 Å². The lowest BCUT2D eigenvalue weighted by atomic mass is 9.96. The van der Waals surface area contributed by atoms with Crippen molar-refractivity contribution in [1.82, 2.24) is 0 Å². The van der Waals surface area contributed by atoms with Gasteiger partial charge in [-0.1, -0.05) is 12.1 Å². The van der Waals surface area contributed by atoms with Crippen molar-refractivity contribution in [3.05, 3.63) is 29.8 Å². The Labute approximate surface area is 78.1 Å². The molecule has 1 aromatic carbocycles. The van der Waals surface area contributed by atoms with Gasteiger partial charge in [0.2, 0.25) is 0 Å². The Morgan fingerprint density at radius 3 is 2.77 bits per heavy atom. The molecule has 0 amide bonds. The van der Waals surface area contributed by atoms with Gasteiger partial charge in [-0.15, -0.1) is 0 Å². The Morgan fingerprint density at radius 2 is 2.23 bits per heavy atom. The molecule has 0 aromatic heterocycles. The Hall–Kier alpha value is -1.06. The molecule has 0 radical (unpaired) electrons. The molecule has 0 fully saturated rings. The van der Waals surface area contributed by atoms with Crippen molar-refractivity contribution in [2.24, 2.45) is 5.73 Å². The Morgan fingerprint density at radius 1 is 1.54 bits per heavy atom. The highest BCUT2D eigenvalue weighted by atomic mass is 16.5. The predicted molar refractivity (Wildman–Crippen MR) is 51.6 cm³/mol. The van der Waals surface area contributed by atoms with Crippen LogP contribution in [0.2, 0.25) is 0 Å². The van der Waals surface area contributed by atoms with Crippen LogP contribution in [0.4, 0.5) is 0 Å². The number of hydrogen-bond donors (Lipinski definition) is 2. The molecule has 3 nitrogen and oxygen atoms in total. The number of ether oxygens (including phenoxy) is 1. The average molecular weight is 181 g/mol. The first-order valence-electron chi connectivity index (χ1n) is 4.17. The summed E-state index contributed by atoms with van der Waals surface area (Å²) in [6.07, 6.45) is 0. The SMILES string of the molecule is COc1cccc([C@@](C)(O)CN)c1. The van der Waals surface area contributed by atoms with E-state index < -0.39 is 5.60 Å². The van der Waals surface area contributed by atoms with Crippen molar-refractivity contribution >= 4 is 0 Å². The summed E-state index contributed by atoms with van der Waals surface area (Å²) in [6, 6.07) is 7.27. The molecule has 0 saturated heterocycles. The van der Waals surface area contributed by atoms with Gasteiger partial charge in [0.25, 0.3) is 0 Å². The third-order valence-corrected chi connectivity index (χ3v) is 2.09. The van der Waals surface area contributed by atoms with Gasteiger partial charge in [-0.3, -0.25) is 0 Å². The summed E-state index contributed by atoms with van der Waals surface area (Å²) in [5, 5.41) is 9.83. The molecule has 1 atom stereocenters. The van der Waals surface area contributed by atoms with Crippen LogP contribution in [0, 0.1) is 0 Å². The maximum Gasteiger partial charge on any atom is 0.119 e. The molecule has 0 saturated carbocycles. The van der Waals surface area contributed by atoms with Crippen molar-refractivity contribution in [2.75, 3.05) is 13.7 Å². The van der Waals surface area contributed by atoms with E-state index in [9.17, 15) is 5.11 Å². The second kappa shape index (κ2) is 3.77. The minimum Gasteiger partial charge on any atom is -0.497 e. The van der Waals surface area contributed by atoms with E-state index in [1.54, 1.807) is 20.1 Å². The largest absolute Gasteiger partial charge is 0.497 e. The maximum atomic E-state index is 9.83. The fraction of sp³-hybridized carbons (Fsp3) is 0.400.